The van der Waals surface area contributed by atoms with Gasteiger partial charge in [0.15, 0.2) is 5.16 Å². The minimum absolute atomic E-state index is 0.154. The van der Waals surface area contributed by atoms with E-state index in [0.717, 1.165) is 23.9 Å². The lowest BCUT2D eigenvalue weighted by Crippen LogP contribution is -2.18. The molecule has 0 aliphatic rings. The van der Waals surface area contributed by atoms with Crippen LogP contribution in [0.3, 0.4) is 0 Å². The number of alkyl halides is 3. The van der Waals surface area contributed by atoms with Gasteiger partial charge in [-0.25, -0.2) is 4.98 Å². The molecule has 24 heavy (non-hydrogen) atoms. The molecule has 1 heterocycles. The van der Waals surface area contributed by atoms with Crippen LogP contribution in [0.5, 0.6) is 0 Å². The van der Waals surface area contributed by atoms with Crippen LogP contribution in [0.4, 0.5) is 24.5 Å². The molecule has 11 heteroatoms. The first-order valence-electron chi connectivity index (χ1n) is 6.44. The Labute approximate surface area is 138 Å². The summed E-state index contributed by atoms with van der Waals surface area (Å²) in [6.45, 7) is 0. The average Bonchev–Trinajstić information content (AvgIpc) is 2.89. The second kappa shape index (κ2) is 6.91. The van der Waals surface area contributed by atoms with E-state index in [2.05, 4.69) is 10.3 Å². The SMILES string of the molecule is Cn1ccnc1SCC(=O)Nc1ccc([N+](=O)[O-])cc1C(F)(F)F. The quantitative estimate of drug-likeness (QED) is 0.503. The molecule has 0 saturated heterocycles. The molecule has 7 nitrogen and oxygen atoms in total. The van der Waals surface area contributed by atoms with Gasteiger partial charge in [-0.2, -0.15) is 13.2 Å². The van der Waals surface area contributed by atoms with Gasteiger partial charge in [0.05, 0.1) is 21.9 Å². The number of aromatic nitrogens is 2. The van der Waals surface area contributed by atoms with Crippen LogP contribution in [0, 0.1) is 10.1 Å². The predicted molar refractivity (Wildman–Crippen MR) is 80.7 cm³/mol. The van der Waals surface area contributed by atoms with Gasteiger partial charge in [-0.15, -0.1) is 0 Å². The van der Waals surface area contributed by atoms with Crippen LogP contribution in [-0.2, 0) is 18.0 Å². The van der Waals surface area contributed by atoms with E-state index in [4.69, 9.17) is 0 Å². The van der Waals surface area contributed by atoms with Gasteiger partial charge in [-0.05, 0) is 6.07 Å². The van der Waals surface area contributed by atoms with Gasteiger partial charge in [-0.3, -0.25) is 14.9 Å². The van der Waals surface area contributed by atoms with Crippen LogP contribution in [-0.4, -0.2) is 26.1 Å². The maximum absolute atomic E-state index is 13.0. The van der Waals surface area contributed by atoms with Crippen molar-refractivity contribution < 1.29 is 22.9 Å². The number of nitro benzene ring substituents is 1. The highest BCUT2D eigenvalue weighted by Gasteiger charge is 2.35. The van der Waals surface area contributed by atoms with Crippen molar-refractivity contribution in [2.45, 2.75) is 11.3 Å². The van der Waals surface area contributed by atoms with E-state index in [1.54, 1.807) is 17.8 Å². The van der Waals surface area contributed by atoms with Crippen LogP contribution in [0.1, 0.15) is 5.56 Å². The number of carbonyl (C=O) groups is 1. The highest BCUT2D eigenvalue weighted by Crippen LogP contribution is 2.37. The lowest BCUT2D eigenvalue weighted by atomic mass is 10.1. The standard InChI is InChI=1S/C13H11F3N4O3S/c1-19-5-4-17-12(19)24-7-11(21)18-10-3-2-8(20(22)23)6-9(10)13(14,15)16/h2-6H,7H2,1H3,(H,18,21). The summed E-state index contributed by atoms with van der Waals surface area (Å²) >= 11 is 1.05. The van der Waals surface area contributed by atoms with Crippen molar-refractivity contribution in [1.82, 2.24) is 9.55 Å². The van der Waals surface area contributed by atoms with Crippen molar-refractivity contribution in [3.8, 4) is 0 Å². The van der Waals surface area contributed by atoms with Crippen molar-refractivity contribution >= 4 is 29.0 Å². The minimum atomic E-state index is -4.83. The topological polar surface area (TPSA) is 90.1 Å². The number of rotatable bonds is 5. The molecule has 0 fully saturated rings. The number of hydrogen-bond donors (Lipinski definition) is 1. The Balaban J connectivity index is 2.14. The summed E-state index contributed by atoms with van der Waals surface area (Å²) in [4.78, 5) is 25.5. The third-order valence-electron chi connectivity index (χ3n) is 2.90. The Morgan fingerprint density at radius 3 is 2.71 bits per heavy atom. The van der Waals surface area contributed by atoms with Crippen molar-refractivity contribution in [2.75, 3.05) is 11.1 Å². The number of non-ortho nitro benzene ring substituents is 1. The number of nitrogens with zero attached hydrogens (tertiary/aromatic N) is 3. The second-order valence-corrected chi connectivity index (χ2v) is 5.58. The zero-order chi connectivity index (χ0) is 17.9. The molecule has 0 aliphatic heterocycles. The molecular weight excluding hydrogens is 349 g/mol. The predicted octanol–water partition coefficient (Wildman–Crippen LogP) is 3.08. The van der Waals surface area contributed by atoms with Crippen LogP contribution in [0.15, 0.2) is 35.7 Å². The van der Waals surface area contributed by atoms with Gasteiger partial charge in [0.25, 0.3) is 5.69 Å². The molecule has 1 N–H and O–H groups in total. The van der Waals surface area contributed by atoms with Gasteiger partial charge < -0.3 is 9.88 Å². The van der Waals surface area contributed by atoms with E-state index < -0.39 is 33.9 Å². The number of imidazole rings is 1. The first-order chi connectivity index (χ1) is 11.2. The molecule has 2 rings (SSSR count). The number of nitro groups is 1. The van der Waals surface area contributed by atoms with Gasteiger partial charge >= 0.3 is 6.18 Å². The van der Waals surface area contributed by atoms with Crippen LogP contribution in [0.2, 0.25) is 0 Å². The van der Waals surface area contributed by atoms with Gasteiger partial charge in [-0.1, -0.05) is 11.8 Å². The first-order valence-corrected chi connectivity index (χ1v) is 7.42. The Morgan fingerprint density at radius 1 is 1.46 bits per heavy atom. The van der Waals surface area contributed by atoms with Gasteiger partial charge in [0, 0.05) is 31.6 Å². The highest BCUT2D eigenvalue weighted by atomic mass is 32.2. The number of amides is 1. The summed E-state index contributed by atoms with van der Waals surface area (Å²) in [5.41, 5.74) is -2.51. The minimum Gasteiger partial charge on any atom is -0.329 e. The maximum atomic E-state index is 13.0. The number of anilines is 1. The van der Waals surface area contributed by atoms with E-state index in [1.807, 2.05) is 0 Å². The van der Waals surface area contributed by atoms with Crippen LogP contribution in [0.25, 0.3) is 0 Å². The first kappa shape index (κ1) is 17.8. The Kier molecular flexibility index (Phi) is 5.12. The molecule has 0 unspecified atom stereocenters. The molecule has 0 spiro atoms. The molecule has 128 valence electrons. The van der Waals surface area contributed by atoms with E-state index in [0.29, 0.717) is 11.2 Å². The van der Waals surface area contributed by atoms with Crippen molar-refractivity contribution in [1.29, 1.82) is 0 Å². The maximum Gasteiger partial charge on any atom is 0.418 e. The third kappa shape index (κ3) is 4.25. The third-order valence-corrected chi connectivity index (χ3v) is 3.96. The smallest absolute Gasteiger partial charge is 0.329 e. The molecule has 0 saturated carbocycles. The second-order valence-electron chi connectivity index (χ2n) is 4.64. The Hall–Kier alpha value is -2.56. The van der Waals surface area contributed by atoms with E-state index in [9.17, 15) is 28.1 Å². The number of thioether (sulfide) groups is 1. The molecule has 0 radical (unpaired) electrons. The van der Waals surface area contributed by atoms with Crippen molar-refractivity contribution in [3.05, 3.63) is 46.3 Å². The molecule has 1 aromatic heterocycles. The van der Waals surface area contributed by atoms with Crippen molar-refractivity contribution in [2.24, 2.45) is 7.05 Å². The van der Waals surface area contributed by atoms with E-state index >= 15 is 0 Å². The zero-order valence-corrected chi connectivity index (χ0v) is 13.0. The monoisotopic (exact) mass is 360 g/mol. The van der Waals surface area contributed by atoms with Gasteiger partial charge in [0.1, 0.15) is 0 Å². The van der Waals surface area contributed by atoms with E-state index in [1.165, 1.54) is 6.20 Å². The number of hydrogen-bond acceptors (Lipinski definition) is 5. The molecule has 1 amide bonds. The number of aryl methyl sites for hydroxylation is 1. The number of benzene rings is 1. The largest absolute Gasteiger partial charge is 0.418 e. The summed E-state index contributed by atoms with van der Waals surface area (Å²) in [6.07, 6.45) is -1.64. The lowest BCUT2D eigenvalue weighted by molar-refractivity contribution is -0.385. The molecule has 2 aromatic rings. The summed E-state index contributed by atoms with van der Waals surface area (Å²) < 4.78 is 40.7. The number of carbonyl (C=O) groups excluding carboxylic acids is 1. The summed E-state index contributed by atoms with van der Waals surface area (Å²) in [5.74, 6) is -0.832. The van der Waals surface area contributed by atoms with Crippen LogP contribution < -0.4 is 5.32 Å². The summed E-state index contributed by atoms with van der Waals surface area (Å²) in [5, 5.41) is 13.3. The summed E-state index contributed by atoms with van der Waals surface area (Å²) in [6, 6.07) is 2.16. The molecule has 0 bridgehead atoms. The van der Waals surface area contributed by atoms with Gasteiger partial charge in [0.2, 0.25) is 5.91 Å². The molecule has 0 atom stereocenters. The number of halogens is 3. The fraction of sp³-hybridized carbons (Fsp3) is 0.231. The highest BCUT2D eigenvalue weighted by molar-refractivity contribution is 7.99. The van der Waals surface area contributed by atoms with Crippen molar-refractivity contribution in [3.63, 3.8) is 0 Å². The Bertz CT molecular complexity index is 776. The Morgan fingerprint density at radius 2 is 2.17 bits per heavy atom. The molecule has 0 aliphatic carbocycles. The molecule has 1 aromatic carbocycles. The fourth-order valence-electron chi connectivity index (χ4n) is 1.80. The normalized spacial score (nSPS) is 11.3. The van der Waals surface area contributed by atoms with Crippen LogP contribution >= 0.6 is 11.8 Å². The fourth-order valence-corrected chi connectivity index (χ4v) is 2.53. The lowest BCUT2D eigenvalue weighted by Gasteiger charge is -2.13. The number of nitrogens with one attached hydrogen (secondary N) is 1. The van der Waals surface area contributed by atoms with E-state index in [-0.39, 0.29) is 5.75 Å². The zero-order valence-electron chi connectivity index (χ0n) is 12.2. The average molecular weight is 360 g/mol. The summed E-state index contributed by atoms with van der Waals surface area (Å²) in [7, 11) is 1.71. The molecular formula is C13H11F3N4O3S.